The van der Waals surface area contributed by atoms with Crippen LogP contribution in [0.3, 0.4) is 0 Å². The van der Waals surface area contributed by atoms with Gasteiger partial charge in [0.05, 0.1) is 6.61 Å². The SMILES string of the molecule is CCOC(=O)Oc1cc(O)c(-n2nnc(O)c2-c2ccc3ccccc3c2)cc1CC. The van der Waals surface area contributed by atoms with Crippen LogP contribution in [0, 0.1) is 0 Å². The Balaban J connectivity index is 1.81. The first-order valence-corrected chi connectivity index (χ1v) is 9.86. The zero-order valence-electron chi connectivity index (χ0n) is 17.1. The van der Waals surface area contributed by atoms with Crippen LogP contribution in [-0.2, 0) is 11.2 Å². The number of hydrogen-bond acceptors (Lipinski definition) is 7. The number of carbonyl (C=O) groups is 1. The normalized spacial score (nSPS) is 10.9. The third-order valence-electron chi connectivity index (χ3n) is 4.90. The first-order valence-electron chi connectivity index (χ1n) is 9.86. The molecule has 0 bridgehead atoms. The molecule has 0 aliphatic heterocycles. The summed E-state index contributed by atoms with van der Waals surface area (Å²) in [5.41, 5.74) is 1.97. The molecule has 1 aromatic heterocycles. The lowest BCUT2D eigenvalue weighted by molar-refractivity contribution is 0.104. The van der Waals surface area contributed by atoms with Crippen molar-refractivity contribution in [3.8, 4) is 34.3 Å². The summed E-state index contributed by atoms with van der Waals surface area (Å²) in [7, 11) is 0. The number of aromatic nitrogens is 3. The second-order valence-electron chi connectivity index (χ2n) is 6.82. The van der Waals surface area contributed by atoms with Crippen LogP contribution in [0.2, 0.25) is 0 Å². The summed E-state index contributed by atoms with van der Waals surface area (Å²) >= 11 is 0. The van der Waals surface area contributed by atoms with Gasteiger partial charge in [-0.25, -0.2) is 9.48 Å². The van der Waals surface area contributed by atoms with Crippen molar-refractivity contribution in [1.29, 1.82) is 0 Å². The van der Waals surface area contributed by atoms with Crippen molar-refractivity contribution in [3.05, 3.63) is 60.2 Å². The van der Waals surface area contributed by atoms with E-state index >= 15 is 0 Å². The number of rotatable bonds is 5. The molecule has 0 aliphatic carbocycles. The summed E-state index contributed by atoms with van der Waals surface area (Å²) < 4.78 is 11.4. The van der Waals surface area contributed by atoms with E-state index in [-0.39, 0.29) is 24.0 Å². The minimum atomic E-state index is -0.848. The third-order valence-corrected chi connectivity index (χ3v) is 4.90. The summed E-state index contributed by atoms with van der Waals surface area (Å²) in [4.78, 5) is 11.7. The zero-order chi connectivity index (χ0) is 22.0. The van der Waals surface area contributed by atoms with Crippen LogP contribution in [0.4, 0.5) is 4.79 Å². The van der Waals surface area contributed by atoms with Gasteiger partial charge in [0.25, 0.3) is 5.88 Å². The highest BCUT2D eigenvalue weighted by Crippen LogP contribution is 2.37. The van der Waals surface area contributed by atoms with Crippen LogP contribution < -0.4 is 4.74 Å². The lowest BCUT2D eigenvalue weighted by Crippen LogP contribution is -2.11. The number of hydrogen-bond donors (Lipinski definition) is 2. The summed E-state index contributed by atoms with van der Waals surface area (Å²) in [5.74, 6) is -0.262. The van der Waals surface area contributed by atoms with Crippen molar-refractivity contribution < 1.29 is 24.5 Å². The summed E-state index contributed by atoms with van der Waals surface area (Å²) in [5, 5.41) is 30.9. The Hall–Kier alpha value is -4.07. The van der Waals surface area contributed by atoms with Gasteiger partial charge in [-0.2, -0.15) is 0 Å². The Morgan fingerprint density at radius 2 is 1.81 bits per heavy atom. The van der Waals surface area contributed by atoms with Crippen molar-refractivity contribution in [3.63, 3.8) is 0 Å². The van der Waals surface area contributed by atoms with Gasteiger partial charge in [-0.15, -0.1) is 0 Å². The first kappa shape index (κ1) is 20.2. The van der Waals surface area contributed by atoms with E-state index in [1.54, 1.807) is 13.0 Å². The fourth-order valence-corrected chi connectivity index (χ4v) is 3.41. The van der Waals surface area contributed by atoms with Gasteiger partial charge >= 0.3 is 6.16 Å². The van der Waals surface area contributed by atoms with Gasteiger partial charge in [-0.05, 0) is 41.8 Å². The van der Waals surface area contributed by atoms with E-state index in [9.17, 15) is 15.0 Å². The predicted octanol–water partition coefficient (Wildman–Crippen LogP) is 4.60. The van der Waals surface area contributed by atoms with Gasteiger partial charge < -0.3 is 19.7 Å². The van der Waals surface area contributed by atoms with Crippen LogP contribution in [-0.4, -0.2) is 38.0 Å². The van der Waals surface area contributed by atoms with Crippen LogP contribution in [0.15, 0.2) is 54.6 Å². The molecule has 0 radical (unpaired) electrons. The number of carbonyl (C=O) groups excluding carboxylic acids is 1. The topological polar surface area (TPSA) is 107 Å². The monoisotopic (exact) mass is 419 g/mol. The lowest BCUT2D eigenvalue weighted by Gasteiger charge is -2.14. The molecule has 0 unspecified atom stereocenters. The molecule has 0 amide bonds. The van der Waals surface area contributed by atoms with E-state index in [0.29, 0.717) is 28.9 Å². The second-order valence-corrected chi connectivity index (χ2v) is 6.82. The fraction of sp³-hybridized carbons (Fsp3) is 0.174. The number of aryl methyl sites for hydroxylation is 1. The lowest BCUT2D eigenvalue weighted by atomic mass is 10.0. The quantitative estimate of drug-likeness (QED) is 0.360. The number of phenols is 1. The number of phenolic OH excluding ortho intramolecular Hbond substituents is 1. The Labute approximate surface area is 178 Å². The molecule has 2 N–H and O–H groups in total. The molecular formula is C23H21N3O5. The summed E-state index contributed by atoms with van der Waals surface area (Å²) in [6, 6.07) is 16.5. The Morgan fingerprint density at radius 1 is 1.03 bits per heavy atom. The molecule has 0 saturated carbocycles. The van der Waals surface area contributed by atoms with Crippen LogP contribution in [0.1, 0.15) is 19.4 Å². The standard InChI is InChI=1S/C23H21N3O5/c1-3-14-12-18(19(27)13-20(14)31-23(29)30-4-2)26-21(22(28)24-25-26)17-10-9-15-7-5-6-8-16(15)11-17/h5-13,27-28H,3-4H2,1-2H3. The van der Waals surface area contributed by atoms with Crippen molar-refractivity contribution in [2.45, 2.75) is 20.3 Å². The molecule has 31 heavy (non-hydrogen) atoms. The number of fused-ring (bicyclic) bond motifs is 1. The highest BCUT2D eigenvalue weighted by Gasteiger charge is 2.21. The van der Waals surface area contributed by atoms with Gasteiger partial charge in [0.15, 0.2) is 0 Å². The average molecular weight is 419 g/mol. The predicted molar refractivity (Wildman–Crippen MR) is 115 cm³/mol. The van der Waals surface area contributed by atoms with Gasteiger partial charge in [-0.1, -0.05) is 53.6 Å². The summed E-state index contributed by atoms with van der Waals surface area (Å²) in [6.07, 6.45) is -0.326. The number of nitrogens with zero attached hydrogens (tertiary/aromatic N) is 3. The van der Waals surface area contributed by atoms with Crippen LogP contribution >= 0.6 is 0 Å². The number of ether oxygens (including phenoxy) is 2. The molecule has 4 rings (SSSR count). The zero-order valence-corrected chi connectivity index (χ0v) is 17.1. The van der Waals surface area contributed by atoms with Crippen molar-refractivity contribution in [1.82, 2.24) is 15.0 Å². The molecule has 1 heterocycles. The Bertz CT molecular complexity index is 1270. The largest absolute Gasteiger partial charge is 0.513 e. The highest BCUT2D eigenvalue weighted by atomic mass is 16.7. The van der Waals surface area contributed by atoms with Crippen LogP contribution in [0.5, 0.6) is 17.4 Å². The fourth-order valence-electron chi connectivity index (χ4n) is 3.41. The van der Waals surface area contributed by atoms with E-state index in [0.717, 1.165) is 10.8 Å². The van der Waals surface area contributed by atoms with Gasteiger partial charge in [-0.3, -0.25) is 0 Å². The molecular weight excluding hydrogens is 398 g/mol. The van der Waals surface area contributed by atoms with E-state index in [4.69, 9.17) is 9.47 Å². The second kappa shape index (κ2) is 8.35. The van der Waals surface area contributed by atoms with Crippen molar-refractivity contribution in [2.75, 3.05) is 6.61 Å². The maximum absolute atomic E-state index is 11.7. The van der Waals surface area contributed by atoms with E-state index in [1.165, 1.54) is 10.7 Å². The molecule has 8 heteroatoms. The molecule has 0 atom stereocenters. The first-order chi connectivity index (χ1) is 15.0. The Morgan fingerprint density at radius 3 is 2.55 bits per heavy atom. The van der Waals surface area contributed by atoms with Crippen molar-refractivity contribution >= 4 is 16.9 Å². The molecule has 0 aliphatic rings. The molecule has 158 valence electrons. The molecule has 0 spiro atoms. The minimum Gasteiger partial charge on any atom is -0.506 e. The van der Waals surface area contributed by atoms with E-state index in [1.807, 2.05) is 49.4 Å². The maximum Gasteiger partial charge on any atom is 0.513 e. The molecule has 0 fully saturated rings. The van der Waals surface area contributed by atoms with E-state index in [2.05, 4.69) is 10.3 Å². The van der Waals surface area contributed by atoms with Crippen LogP contribution in [0.25, 0.3) is 27.7 Å². The van der Waals surface area contributed by atoms with E-state index < -0.39 is 6.16 Å². The number of aromatic hydroxyl groups is 2. The molecule has 4 aromatic rings. The van der Waals surface area contributed by atoms with Crippen molar-refractivity contribution in [2.24, 2.45) is 0 Å². The Kier molecular flexibility index (Phi) is 5.44. The van der Waals surface area contributed by atoms with Gasteiger partial charge in [0, 0.05) is 11.6 Å². The molecule has 8 nitrogen and oxygen atoms in total. The molecule has 0 saturated heterocycles. The molecule has 3 aromatic carbocycles. The smallest absolute Gasteiger partial charge is 0.506 e. The van der Waals surface area contributed by atoms with Gasteiger partial charge in [0.1, 0.15) is 22.9 Å². The number of benzene rings is 3. The minimum absolute atomic E-state index is 0.178. The maximum atomic E-state index is 11.7. The van der Waals surface area contributed by atoms with Gasteiger partial charge in [0.2, 0.25) is 0 Å². The third kappa shape index (κ3) is 3.87. The average Bonchev–Trinajstić information content (AvgIpc) is 3.15. The summed E-state index contributed by atoms with van der Waals surface area (Å²) in [6.45, 7) is 3.74. The highest BCUT2D eigenvalue weighted by molar-refractivity contribution is 5.87.